The van der Waals surface area contributed by atoms with E-state index in [-0.39, 0.29) is 25.7 Å². The van der Waals surface area contributed by atoms with E-state index >= 15 is 0 Å². The van der Waals surface area contributed by atoms with Crippen LogP contribution >= 0.6 is 15.9 Å². The zero-order chi connectivity index (χ0) is 15.1. The van der Waals surface area contributed by atoms with E-state index in [4.69, 9.17) is 5.11 Å². The van der Waals surface area contributed by atoms with Crippen LogP contribution in [0.1, 0.15) is 25.5 Å². The maximum Gasteiger partial charge on any atom is 0.255 e. The molecule has 0 aliphatic carbocycles. The average Bonchev–Trinajstić information content (AvgIpc) is 2.38. The molecule has 0 aliphatic heterocycles. The van der Waals surface area contributed by atoms with Crippen molar-refractivity contribution < 1.29 is 13.9 Å². The molecule has 20 heavy (non-hydrogen) atoms. The number of alkyl halides is 2. The third-order valence-electron chi connectivity index (χ3n) is 3.04. The van der Waals surface area contributed by atoms with Crippen LogP contribution in [0.3, 0.4) is 0 Å². The van der Waals surface area contributed by atoms with Crippen molar-refractivity contribution in [1.82, 2.24) is 5.32 Å². The number of benzene rings is 1. The van der Waals surface area contributed by atoms with Crippen molar-refractivity contribution in [3.63, 3.8) is 0 Å². The summed E-state index contributed by atoms with van der Waals surface area (Å²) >= 11 is 3.41. The Hall–Kier alpha value is -0.720. The second-order valence-electron chi connectivity index (χ2n) is 4.54. The van der Waals surface area contributed by atoms with Gasteiger partial charge in [-0.25, -0.2) is 8.78 Å². The number of hydrogen-bond donors (Lipinski definition) is 2. The largest absolute Gasteiger partial charge is 0.395 e. The summed E-state index contributed by atoms with van der Waals surface area (Å²) in [4.78, 5) is 1.53. The van der Waals surface area contributed by atoms with Crippen LogP contribution in [0.5, 0.6) is 0 Å². The molecule has 0 heterocycles. The molecule has 1 rings (SSSR count). The third kappa shape index (κ3) is 5.00. The minimum Gasteiger partial charge on any atom is -0.395 e. The Balaban J connectivity index is 3.11. The van der Waals surface area contributed by atoms with Crippen LogP contribution in [0.4, 0.5) is 14.5 Å². The van der Waals surface area contributed by atoms with Gasteiger partial charge in [-0.15, -0.1) is 0 Å². The van der Waals surface area contributed by atoms with Gasteiger partial charge in [-0.05, 0) is 37.2 Å². The lowest BCUT2D eigenvalue weighted by atomic mass is 10.0. The molecule has 0 saturated heterocycles. The van der Waals surface area contributed by atoms with E-state index in [0.29, 0.717) is 0 Å². The molecule has 1 unspecified atom stereocenters. The topological polar surface area (TPSA) is 35.5 Å². The lowest BCUT2D eigenvalue weighted by Gasteiger charge is -2.28. The van der Waals surface area contributed by atoms with Crippen LogP contribution in [-0.4, -0.2) is 37.8 Å². The maximum absolute atomic E-state index is 12.7. The molecule has 0 aliphatic rings. The van der Waals surface area contributed by atoms with Crippen molar-refractivity contribution in [2.75, 3.05) is 31.1 Å². The molecule has 3 nitrogen and oxygen atoms in total. The normalized spacial score (nSPS) is 12.8. The summed E-state index contributed by atoms with van der Waals surface area (Å²) in [6, 6.07) is 5.61. The first-order valence-corrected chi connectivity index (χ1v) is 7.45. The van der Waals surface area contributed by atoms with Crippen LogP contribution in [0.25, 0.3) is 0 Å². The summed E-state index contributed by atoms with van der Waals surface area (Å²) in [6.07, 6.45) is -2.44. The van der Waals surface area contributed by atoms with Crippen molar-refractivity contribution in [2.24, 2.45) is 0 Å². The fourth-order valence-electron chi connectivity index (χ4n) is 2.17. The zero-order valence-corrected chi connectivity index (χ0v) is 13.3. The lowest BCUT2D eigenvalue weighted by molar-refractivity contribution is 0.152. The van der Waals surface area contributed by atoms with Gasteiger partial charge in [0.25, 0.3) is 6.43 Å². The van der Waals surface area contributed by atoms with E-state index in [0.717, 1.165) is 22.3 Å². The molecule has 6 heteroatoms. The van der Waals surface area contributed by atoms with E-state index in [1.54, 1.807) is 0 Å². The predicted octanol–water partition coefficient (Wildman–Crippen LogP) is 3.18. The molecule has 1 aromatic carbocycles. The summed E-state index contributed by atoms with van der Waals surface area (Å²) in [7, 11) is 0. The quantitative estimate of drug-likeness (QED) is 0.755. The summed E-state index contributed by atoms with van der Waals surface area (Å²) in [5.41, 5.74) is 1.67. The minimum atomic E-state index is -2.44. The molecule has 1 atom stereocenters. The lowest BCUT2D eigenvalue weighted by Crippen LogP contribution is -2.33. The standard InChI is InChI=1S/C14H21BrF2N2O/c1-3-18-10(2)12-8-11(15)4-5-13(12)19(6-7-20)9-14(16)17/h4-5,8,10,14,18,20H,3,6-7,9H2,1-2H3. The van der Waals surface area contributed by atoms with Crippen LogP contribution in [0, 0.1) is 0 Å². The number of nitrogens with zero attached hydrogens (tertiary/aromatic N) is 1. The number of rotatable bonds is 8. The van der Waals surface area contributed by atoms with Crippen LogP contribution < -0.4 is 10.2 Å². The highest BCUT2D eigenvalue weighted by atomic mass is 79.9. The van der Waals surface area contributed by atoms with Gasteiger partial charge in [-0.3, -0.25) is 0 Å². The number of aliphatic hydroxyl groups is 1. The second kappa shape index (κ2) is 8.54. The second-order valence-corrected chi connectivity index (χ2v) is 5.46. The number of hydrogen-bond acceptors (Lipinski definition) is 3. The van der Waals surface area contributed by atoms with Gasteiger partial charge in [0.05, 0.1) is 13.2 Å². The smallest absolute Gasteiger partial charge is 0.255 e. The van der Waals surface area contributed by atoms with Crippen LogP contribution in [0.15, 0.2) is 22.7 Å². The molecule has 0 spiro atoms. The van der Waals surface area contributed by atoms with Crippen LogP contribution in [-0.2, 0) is 0 Å². The zero-order valence-electron chi connectivity index (χ0n) is 11.7. The first kappa shape index (κ1) is 17.3. The molecule has 0 fully saturated rings. The highest BCUT2D eigenvalue weighted by Gasteiger charge is 2.18. The summed E-state index contributed by atoms with van der Waals surface area (Å²) < 4.78 is 26.3. The predicted molar refractivity (Wildman–Crippen MR) is 81.5 cm³/mol. The molecule has 0 bridgehead atoms. The molecule has 0 aromatic heterocycles. The molecular weight excluding hydrogens is 330 g/mol. The van der Waals surface area contributed by atoms with Crippen molar-refractivity contribution in [3.05, 3.63) is 28.2 Å². The Morgan fingerprint density at radius 1 is 1.40 bits per heavy atom. The van der Waals surface area contributed by atoms with Gasteiger partial charge in [-0.1, -0.05) is 22.9 Å². The molecule has 114 valence electrons. The van der Waals surface area contributed by atoms with Crippen molar-refractivity contribution >= 4 is 21.6 Å². The first-order chi connectivity index (χ1) is 9.49. The molecule has 0 radical (unpaired) electrons. The molecule has 2 N–H and O–H groups in total. The Morgan fingerprint density at radius 2 is 2.10 bits per heavy atom. The van der Waals surface area contributed by atoms with Gasteiger partial charge < -0.3 is 15.3 Å². The van der Waals surface area contributed by atoms with Gasteiger partial charge >= 0.3 is 0 Å². The van der Waals surface area contributed by atoms with Crippen molar-refractivity contribution in [1.29, 1.82) is 0 Å². The Labute approximate surface area is 127 Å². The third-order valence-corrected chi connectivity index (χ3v) is 3.53. The highest BCUT2D eigenvalue weighted by Crippen LogP contribution is 2.30. The number of anilines is 1. The van der Waals surface area contributed by atoms with Gasteiger partial charge in [0.15, 0.2) is 0 Å². The highest BCUT2D eigenvalue weighted by molar-refractivity contribution is 9.10. The molecule has 1 aromatic rings. The van der Waals surface area contributed by atoms with Gasteiger partial charge in [0.2, 0.25) is 0 Å². The fraction of sp³-hybridized carbons (Fsp3) is 0.571. The van der Waals surface area contributed by atoms with E-state index in [2.05, 4.69) is 21.2 Å². The Kier molecular flexibility index (Phi) is 7.40. The van der Waals surface area contributed by atoms with Crippen LogP contribution in [0.2, 0.25) is 0 Å². The van der Waals surface area contributed by atoms with E-state index in [1.165, 1.54) is 4.90 Å². The SMILES string of the molecule is CCNC(C)c1cc(Br)ccc1N(CCO)CC(F)F. The van der Waals surface area contributed by atoms with E-state index in [9.17, 15) is 8.78 Å². The Morgan fingerprint density at radius 3 is 2.65 bits per heavy atom. The first-order valence-electron chi connectivity index (χ1n) is 6.66. The van der Waals surface area contributed by atoms with E-state index < -0.39 is 6.43 Å². The maximum atomic E-state index is 12.7. The minimum absolute atomic E-state index is 0.0476. The summed E-state index contributed by atoms with van der Waals surface area (Å²) in [5.74, 6) is 0. The number of aliphatic hydroxyl groups excluding tert-OH is 1. The summed E-state index contributed by atoms with van der Waals surface area (Å²) in [5, 5.41) is 12.4. The number of halogens is 3. The fourth-order valence-corrected chi connectivity index (χ4v) is 2.55. The van der Waals surface area contributed by atoms with Crippen molar-refractivity contribution in [3.8, 4) is 0 Å². The average molecular weight is 351 g/mol. The van der Waals surface area contributed by atoms with Crippen molar-refractivity contribution in [2.45, 2.75) is 26.3 Å². The summed E-state index contributed by atoms with van der Waals surface area (Å²) in [6.45, 7) is 4.44. The van der Waals surface area contributed by atoms with Gasteiger partial charge in [-0.2, -0.15) is 0 Å². The van der Waals surface area contributed by atoms with E-state index in [1.807, 2.05) is 32.0 Å². The number of nitrogens with one attached hydrogen (secondary N) is 1. The molecule has 0 amide bonds. The monoisotopic (exact) mass is 350 g/mol. The Bertz CT molecular complexity index is 418. The van der Waals surface area contributed by atoms with Gasteiger partial charge in [0, 0.05) is 22.7 Å². The molecule has 0 saturated carbocycles. The molecular formula is C14H21BrF2N2O. The van der Waals surface area contributed by atoms with Gasteiger partial charge in [0.1, 0.15) is 0 Å².